The number of carbonyl (C=O) groups excluding carboxylic acids is 1. The second-order valence-electron chi connectivity index (χ2n) is 4.93. The van der Waals surface area contributed by atoms with Crippen LogP contribution in [0.2, 0.25) is 0 Å². The van der Waals surface area contributed by atoms with Crippen LogP contribution in [0, 0.1) is 25.2 Å². The molecule has 2 rings (SSSR count). The lowest BCUT2D eigenvalue weighted by Crippen LogP contribution is -2.32. The molecule has 100 valence electrons. The van der Waals surface area contributed by atoms with E-state index in [2.05, 4.69) is 6.07 Å². The van der Waals surface area contributed by atoms with Gasteiger partial charge in [-0.25, -0.2) is 0 Å². The first-order valence-corrected chi connectivity index (χ1v) is 6.53. The Kier molecular flexibility index (Phi) is 4.06. The van der Waals surface area contributed by atoms with Gasteiger partial charge in [0.25, 0.3) is 5.91 Å². The van der Waals surface area contributed by atoms with Gasteiger partial charge in [-0.1, -0.05) is 0 Å². The lowest BCUT2D eigenvalue weighted by Gasteiger charge is -2.17. The third-order valence-electron chi connectivity index (χ3n) is 3.39. The maximum Gasteiger partial charge on any atom is 0.260 e. The van der Waals surface area contributed by atoms with Crippen molar-refractivity contribution in [2.24, 2.45) is 0 Å². The van der Waals surface area contributed by atoms with Gasteiger partial charge >= 0.3 is 0 Å². The molecule has 0 N–H and O–H groups in total. The lowest BCUT2D eigenvalue weighted by molar-refractivity contribution is -0.132. The summed E-state index contributed by atoms with van der Waals surface area (Å²) < 4.78 is 5.64. The topological polar surface area (TPSA) is 53.3 Å². The van der Waals surface area contributed by atoms with Crippen molar-refractivity contribution < 1.29 is 9.53 Å². The molecule has 0 bridgehead atoms. The van der Waals surface area contributed by atoms with E-state index in [1.165, 1.54) is 0 Å². The summed E-state index contributed by atoms with van der Waals surface area (Å²) in [6.45, 7) is 5.54. The van der Waals surface area contributed by atoms with Crippen molar-refractivity contribution in [3.8, 4) is 11.8 Å². The second-order valence-corrected chi connectivity index (χ2v) is 4.93. The Morgan fingerprint density at radius 3 is 2.42 bits per heavy atom. The molecule has 0 saturated carbocycles. The molecule has 0 unspecified atom stereocenters. The molecule has 1 saturated heterocycles. The van der Waals surface area contributed by atoms with Crippen LogP contribution in [0.5, 0.6) is 5.75 Å². The fourth-order valence-corrected chi connectivity index (χ4v) is 2.43. The Labute approximate surface area is 113 Å². The van der Waals surface area contributed by atoms with E-state index in [0.717, 1.165) is 37.1 Å². The lowest BCUT2D eigenvalue weighted by atomic mass is 10.1. The number of benzene rings is 1. The molecule has 1 aliphatic rings. The highest BCUT2D eigenvalue weighted by Gasteiger charge is 2.18. The van der Waals surface area contributed by atoms with E-state index in [0.29, 0.717) is 11.3 Å². The number of ether oxygens (including phenoxy) is 1. The second kappa shape index (κ2) is 5.75. The smallest absolute Gasteiger partial charge is 0.260 e. The average Bonchev–Trinajstić information content (AvgIpc) is 2.91. The first kappa shape index (κ1) is 13.4. The SMILES string of the molecule is Cc1cc(C#N)cc(C)c1OCC(=O)N1CCCC1. The Morgan fingerprint density at radius 1 is 1.32 bits per heavy atom. The van der Waals surface area contributed by atoms with Crippen molar-refractivity contribution in [3.63, 3.8) is 0 Å². The zero-order valence-corrected chi connectivity index (χ0v) is 11.4. The number of nitriles is 1. The minimum absolute atomic E-state index is 0.0423. The third kappa shape index (κ3) is 3.05. The Bertz CT molecular complexity index is 502. The number of likely N-dealkylation sites (tertiary alicyclic amines) is 1. The molecule has 1 heterocycles. The largest absolute Gasteiger partial charge is 0.483 e. The van der Waals surface area contributed by atoms with Crippen molar-refractivity contribution in [3.05, 3.63) is 28.8 Å². The molecule has 0 aromatic heterocycles. The average molecular weight is 258 g/mol. The standard InChI is InChI=1S/C15H18N2O2/c1-11-7-13(9-16)8-12(2)15(11)19-10-14(18)17-5-3-4-6-17/h7-8H,3-6,10H2,1-2H3. The molecule has 0 radical (unpaired) electrons. The van der Waals surface area contributed by atoms with Crippen molar-refractivity contribution in [2.75, 3.05) is 19.7 Å². The quantitative estimate of drug-likeness (QED) is 0.835. The predicted molar refractivity (Wildman–Crippen MR) is 71.9 cm³/mol. The molecular formula is C15H18N2O2. The van der Waals surface area contributed by atoms with Crippen molar-refractivity contribution >= 4 is 5.91 Å². The Morgan fingerprint density at radius 2 is 1.89 bits per heavy atom. The summed E-state index contributed by atoms with van der Waals surface area (Å²) in [7, 11) is 0. The zero-order valence-electron chi connectivity index (χ0n) is 11.4. The van der Waals surface area contributed by atoms with E-state index in [4.69, 9.17) is 10.00 Å². The summed E-state index contributed by atoms with van der Waals surface area (Å²) >= 11 is 0. The van der Waals surface area contributed by atoms with Crippen LogP contribution in [0.3, 0.4) is 0 Å². The summed E-state index contributed by atoms with van der Waals surface area (Å²) in [6, 6.07) is 5.68. The highest BCUT2D eigenvalue weighted by molar-refractivity contribution is 5.78. The van der Waals surface area contributed by atoms with Crippen LogP contribution in [-0.2, 0) is 4.79 Å². The van der Waals surface area contributed by atoms with E-state index < -0.39 is 0 Å². The van der Waals surface area contributed by atoms with E-state index in [1.807, 2.05) is 18.7 Å². The van der Waals surface area contributed by atoms with Crippen molar-refractivity contribution in [2.45, 2.75) is 26.7 Å². The molecule has 1 aromatic rings. The van der Waals surface area contributed by atoms with Crippen LogP contribution in [0.25, 0.3) is 0 Å². The molecule has 0 atom stereocenters. The molecule has 4 nitrogen and oxygen atoms in total. The number of hydrogen-bond acceptors (Lipinski definition) is 3. The van der Waals surface area contributed by atoms with Crippen LogP contribution in [-0.4, -0.2) is 30.5 Å². The summed E-state index contributed by atoms with van der Waals surface area (Å²) in [6.07, 6.45) is 2.17. The van der Waals surface area contributed by atoms with Gasteiger partial charge in [-0.3, -0.25) is 4.79 Å². The first-order chi connectivity index (χ1) is 9.11. The zero-order chi connectivity index (χ0) is 13.8. The van der Waals surface area contributed by atoms with Gasteiger partial charge in [0.15, 0.2) is 6.61 Å². The fourth-order valence-electron chi connectivity index (χ4n) is 2.43. The van der Waals surface area contributed by atoms with Crippen LogP contribution in [0.15, 0.2) is 12.1 Å². The molecule has 1 aliphatic heterocycles. The predicted octanol–water partition coefficient (Wildman–Crippen LogP) is 2.18. The van der Waals surface area contributed by atoms with Crippen molar-refractivity contribution in [1.29, 1.82) is 5.26 Å². The van der Waals surface area contributed by atoms with Crippen LogP contribution < -0.4 is 4.74 Å². The van der Waals surface area contributed by atoms with Gasteiger partial charge in [-0.05, 0) is 49.9 Å². The first-order valence-electron chi connectivity index (χ1n) is 6.53. The Balaban J connectivity index is 2.03. The summed E-state index contributed by atoms with van der Waals surface area (Å²) in [5.41, 5.74) is 2.41. The molecule has 19 heavy (non-hydrogen) atoms. The van der Waals surface area contributed by atoms with E-state index in [-0.39, 0.29) is 12.5 Å². The third-order valence-corrected chi connectivity index (χ3v) is 3.39. The minimum atomic E-state index is 0.0423. The fraction of sp³-hybridized carbons (Fsp3) is 0.467. The van der Waals surface area contributed by atoms with Gasteiger partial charge in [-0.15, -0.1) is 0 Å². The summed E-state index contributed by atoms with van der Waals surface area (Å²) in [4.78, 5) is 13.8. The number of nitrogens with zero attached hydrogens (tertiary/aromatic N) is 2. The van der Waals surface area contributed by atoms with Crippen molar-refractivity contribution in [1.82, 2.24) is 4.90 Å². The van der Waals surface area contributed by atoms with E-state index in [9.17, 15) is 4.79 Å². The van der Waals surface area contributed by atoms with Crippen LogP contribution >= 0.6 is 0 Å². The molecule has 4 heteroatoms. The highest BCUT2D eigenvalue weighted by Crippen LogP contribution is 2.24. The minimum Gasteiger partial charge on any atom is -0.483 e. The molecular weight excluding hydrogens is 240 g/mol. The molecule has 1 fully saturated rings. The van der Waals surface area contributed by atoms with E-state index >= 15 is 0 Å². The van der Waals surface area contributed by atoms with Gasteiger partial charge in [-0.2, -0.15) is 5.26 Å². The number of hydrogen-bond donors (Lipinski definition) is 0. The van der Waals surface area contributed by atoms with E-state index in [1.54, 1.807) is 12.1 Å². The van der Waals surface area contributed by atoms with Gasteiger partial charge < -0.3 is 9.64 Å². The van der Waals surface area contributed by atoms with Gasteiger partial charge in [0, 0.05) is 13.1 Å². The Hall–Kier alpha value is -2.02. The maximum absolute atomic E-state index is 11.9. The number of aryl methyl sites for hydroxylation is 2. The summed E-state index contributed by atoms with van der Waals surface area (Å²) in [5, 5.41) is 8.89. The number of rotatable bonds is 3. The van der Waals surface area contributed by atoms with Crippen LogP contribution in [0.1, 0.15) is 29.5 Å². The van der Waals surface area contributed by atoms with Gasteiger partial charge in [0.2, 0.25) is 0 Å². The molecule has 0 spiro atoms. The van der Waals surface area contributed by atoms with Crippen LogP contribution in [0.4, 0.5) is 0 Å². The number of amides is 1. The normalized spacial score (nSPS) is 14.3. The van der Waals surface area contributed by atoms with Gasteiger partial charge in [0.05, 0.1) is 11.6 Å². The molecule has 1 aromatic carbocycles. The molecule has 1 amide bonds. The van der Waals surface area contributed by atoms with Gasteiger partial charge in [0.1, 0.15) is 5.75 Å². The maximum atomic E-state index is 11.9. The highest BCUT2D eigenvalue weighted by atomic mass is 16.5. The monoisotopic (exact) mass is 258 g/mol. The molecule has 0 aliphatic carbocycles. The summed E-state index contributed by atoms with van der Waals surface area (Å²) in [5.74, 6) is 0.757. The number of carbonyl (C=O) groups is 1.